The molecule has 0 amide bonds. The van der Waals surface area contributed by atoms with Crippen molar-refractivity contribution in [3.63, 3.8) is 0 Å². The van der Waals surface area contributed by atoms with Crippen molar-refractivity contribution in [1.29, 1.82) is 0 Å². The fourth-order valence-electron chi connectivity index (χ4n) is 2.72. The van der Waals surface area contributed by atoms with Crippen LogP contribution in [0.15, 0.2) is 30.3 Å². The van der Waals surface area contributed by atoms with Gasteiger partial charge >= 0.3 is 0 Å². The number of hydrogen-bond donors (Lipinski definition) is 2. The average Bonchev–Trinajstić information content (AvgIpc) is 2.47. The molecular formula is C15H24N2O. The van der Waals surface area contributed by atoms with Crippen LogP contribution in [0.5, 0.6) is 0 Å². The van der Waals surface area contributed by atoms with Crippen molar-refractivity contribution in [3.05, 3.63) is 35.9 Å². The lowest BCUT2D eigenvalue weighted by atomic mass is 9.80. The highest BCUT2D eigenvalue weighted by molar-refractivity contribution is 5.15. The van der Waals surface area contributed by atoms with Crippen LogP contribution in [-0.4, -0.2) is 25.3 Å². The summed E-state index contributed by atoms with van der Waals surface area (Å²) in [4.78, 5) is 0. The molecule has 0 bridgehead atoms. The van der Waals surface area contributed by atoms with Crippen LogP contribution in [0.4, 0.5) is 0 Å². The molecule has 100 valence electrons. The molecule has 3 nitrogen and oxygen atoms in total. The molecule has 0 saturated heterocycles. The van der Waals surface area contributed by atoms with Gasteiger partial charge in [0.2, 0.25) is 0 Å². The lowest BCUT2D eigenvalue weighted by Crippen LogP contribution is -2.53. The van der Waals surface area contributed by atoms with Gasteiger partial charge in [-0.25, -0.2) is 0 Å². The Morgan fingerprint density at radius 2 is 1.94 bits per heavy atom. The van der Waals surface area contributed by atoms with Gasteiger partial charge in [0.05, 0.1) is 6.10 Å². The van der Waals surface area contributed by atoms with E-state index in [0.29, 0.717) is 12.6 Å². The third-order valence-electron chi connectivity index (χ3n) is 4.12. The van der Waals surface area contributed by atoms with Crippen LogP contribution in [0, 0.1) is 0 Å². The highest BCUT2D eigenvalue weighted by Crippen LogP contribution is 2.29. The number of nitrogens with two attached hydrogens (primary N) is 1. The zero-order chi connectivity index (χ0) is 12.8. The van der Waals surface area contributed by atoms with Crippen molar-refractivity contribution >= 4 is 0 Å². The predicted molar refractivity (Wildman–Crippen MR) is 74.3 cm³/mol. The lowest BCUT2D eigenvalue weighted by Gasteiger charge is -2.40. The van der Waals surface area contributed by atoms with Gasteiger partial charge in [-0.1, -0.05) is 30.3 Å². The van der Waals surface area contributed by atoms with Gasteiger partial charge in [0, 0.05) is 25.7 Å². The van der Waals surface area contributed by atoms with E-state index in [4.69, 9.17) is 10.5 Å². The molecular weight excluding hydrogens is 224 g/mol. The summed E-state index contributed by atoms with van der Waals surface area (Å²) in [5, 5.41) is 3.67. The van der Waals surface area contributed by atoms with E-state index in [0.717, 1.165) is 32.2 Å². The Balaban J connectivity index is 1.89. The number of ether oxygens (including phenoxy) is 1. The molecule has 1 saturated carbocycles. The fraction of sp³-hybridized carbons (Fsp3) is 0.600. The largest absolute Gasteiger partial charge is 0.381 e. The molecule has 0 aromatic heterocycles. The Morgan fingerprint density at radius 1 is 1.28 bits per heavy atom. The fourth-order valence-corrected chi connectivity index (χ4v) is 2.72. The van der Waals surface area contributed by atoms with Gasteiger partial charge in [0.15, 0.2) is 0 Å². The Hall–Kier alpha value is -0.900. The second-order valence-electron chi connectivity index (χ2n) is 5.26. The van der Waals surface area contributed by atoms with Crippen LogP contribution in [0.2, 0.25) is 0 Å². The zero-order valence-electron chi connectivity index (χ0n) is 11.2. The number of nitrogens with one attached hydrogen (secondary N) is 1. The van der Waals surface area contributed by atoms with Crippen molar-refractivity contribution in [2.45, 2.75) is 43.9 Å². The molecule has 0 aliphatic heterocycles. The van der Waals surface area contributed by atoms with Crippen molar-refractivity contribution < 1.29 is 4.74 Å². The maximum absolute atomic E-state index is 5.99. The van der Waals surface area contributed by atoms with E-state index in [1.54, 1.807) is 7.11 Å². The summed E-state index contributed by atoms with van der Waals surface area (Å²) < 4.78 is 5.42. The number of methoxy groups -OCH3 is 1. The maximum Gasteiger partial charge on any atom is 0.0572 e. The minimum absolute atomic E-state index is 0.102. The SMILES string of the molecule is COC1CCC(CN)(NCc2ccccc2)CC1. The zero-order valence-corrected chi connectivity index (χ0v) is 11.2. The van der Waals surface area contributed by atoms with Crippen LogP contribution >= 0.6 is 0 Å². The van der Waals surface area contributed by atoms with E-state index in [-0.39, 0.29) is 5.54 Å². The molecule has 1 aromatic carbocycles. The normalized spacial score (nSPS) is 28.2. The highest BCUT2D eigenvalue weighted by Gasteiger charge is 2.33. The number of hydrogen-bond acceptors (Lipinski definition) is 3. The van der Waals surface area contributed by atoms with E-state index >= 15 is 0 Å². The van der Waals surface area contributed by atoms with Gasteiger partial charge in [0.25, 0.3) is 0 Å². The molecule has 0 spiro atoms. The second kappa shape index (κ2) is 6.32. The molecule has 1 aliphatic rings. The molecule has 0 atom stereocenters. The Labute approximate surface area is 110 Å². The first kappa shape index (κ1) is 13.5. The molecule has 1 aliphatic carbocycles. The van der Waals surface area contributed by atoms with Crippen LogP contribution < -0.4 is 11.1 Å². The summed E-state index contributed by atoms with van der Waals surface area (Å²) in [5.74, 6) is 0. The van der Waals surface area contributed by atoms with E-state index in [9.17, 15) is 0 Å². The van der Waals surface area contributed by atoms with Crippen molar-refractivity contribution in [2.75, 3.05) is 13.7 Å². The molecule has 1 fully saturated rings. The van der Waals surface area contributed by atoms with Gasteiger partial charge < -0.3 is 15.8 Å². The first-order valence-electron chi connectivity index (χ1n) is 6.80. The topological polar surface area (TPSA) is 47.3 Å². The third kappa shape index (κ3) is 3.31. The molecule has 18 heavy (non-hydrogen) atoms. The summed E-state index contributed by atoms with van der Waals surface area (Å²) in [7, 11) is 1.80. The monoisotopic (exact) mass is 248 g/mol. The Morgan fingerprint density at radius 3 is 2.50 bits per heavy atom. The smallest absolute Gasteiger partial charge is 0.0572 e. The van der Waals surface area contributed by atoms with Crippen molar-refractivity contribution in [3.8, 4) is 0 Å². The summed E-state index contributed by atoms with van der Waals surface area (Å²) >= 11 is 0. The van der Waals surface area contributed by atoms with Crippen molar-refractivity contribution in [1.82, 2.24) is 5.32 Å². The standard InChI is InChI=1S/C15H24N2O/c1-18-14-7-9-15(12-16,10-8-14)17-11-13-5-3-2-4-6-13/h2-6,14,17H,7-12,16H2,1H3. The lowest BCUT2D eigenvalue weighted by molar-refractivity contribution is 0.0427. The van der Waals surface area contributed by atoms with E-state index in [1.165, 1.54) is 5.56 Å². The van der Waals surface area contributed by atoms with Gasteiger partial charge in [-0.3, -0.25) is 0 Å². The molecule has 3 N–H and O–H groups in total. The Bertz CT molecular complexity index is 345. The first-order chi connectivity index (χ1) is 8.78. The van der Waals surface area contributed by atoms with Gasteiger partial charge in [-0.15, -0.1) is 0 Å². The van der Waals surface area contributed by atoms with Crippen LogP contribution in [0.3, 0.4) is 0 Å². The summed E-state index contributed by atoms with van der Waals surface area (Å²) in [6, 6.07) is 10.5. The molecule has 3 heteroatoms. The van der Waals surface area contributed by atoms with Crippen LogP contribution in [-0.2, 0) is 11.3 Å². The predicted octanol–water partition coefficient (Wildman–Crippen LogP) is 2.06. The van der Waals surface area contributed by atoms with Gasteiger partial charge in [-0.2, -0.15) is 0 Å². The highest BCUT2D eigenvalue weighted by atomic mass is 16.5. The van der Waals surface area contributed by atoms with Crippen molar-refractivity contribution in [2.24, 2.45) is 5.73 Å². The first-order valence-corrected chi connectivity index (χ1v) is 6.80. The minimum atomic E-state index is 0.102. The summed E-state index contributed by atoms with van der Waals surface area (Å²) in [6.45, 7) is 1.60. The molecule has 0 unspecified atom stereocenters. The maximum atomic E-state index is 5.99. The van der Waals surface area contributed by atoms with E-state index in [1.807, 2.05) is 6.07 Å². The Kier molecular flexibility index (Phi) is 4.75. The summed E-state index contributed by atoms with van der Waals surface area (Å²) in [5.41, 5.74) is 7.41. The van der Waals surface area contributed by atoms with Crippen LogP contribution in [0.25, 0.3) is 0 Å². The number of benzene rings is 1. The van der Waals surface area contributed by atoms with Gasteiger partial charge in [0.1, 0.15) is 0 Å². The summed E-state index contributed by atoms with van der Waals surface area (Å²) in [6.07, 6.45) is 4.84. The third-order valence-corrected chi connectivity index (χ3v) is 4.12. The van der Waals surface area contributed by atoms with E-state index < -0.39 is 0 Å². The second-order valence-corrected chi connectivity index (χ2v) is 5.26. The molecule has 0 radical (unpaired) electrons. The quantitative estimate of drug-likeness (QED) is 0.838. The molecule has 0 heterocycles. The van der Waals surface area contributed by atoms with Gasteiger partial charge in [-0.05, 0) is 31.2 Å². The van der Waals surface area contributed by atoms with Crippen LogP contribution in [0.1, 0.15) is 31.2 Å². The molecule has 2 rings (SSSR count). The molecule has 1 aromatic rings. The average molecular weight is 248 g/mol. The number of rotatable bonds is 5. The van der Waals surface area contributed by atoms with E-state index in [2.05, 4.69) is 29.6 Å². The minimum Gasteiger partial charge on any atom is -0.381 e.